The first-order valence-corrected chi connectivity index (χ1v) is 5.27. The molecule has 0 saturated heterocycles. The fourth-order valence-electron chi connectivity index (χ4n) is 1.57. The molecule has 17 heavy (non-hydrogen) atoms. The molecule has 0 unspecified atom stereocenters. The van der Waals surface area contributed by atoms with E-state index in [-0.39, 0.29) is 18.6 Å². The average molecular weight is 229 g/mol. The third kappa shape index (κ3) is 2.66. The highest BCUT2D eigenvalue weighted by atomic mass is 16.4. The van der Waals surface area contributed by atoms with E-state index >= 15 is 0 Å². The van der Waals surface area contributed by atoms with Crippen LogP contribution in [0.3, 0.4) is 0 Å². The molecule has 2 rings (SSSR count). The fraction of sp³-hybridized carbons (Fsp3) is 0.154. The van der Waals surface area contributed by atoms with Crippen LogP contribution in [0.15, 0.2) is 36.4 Å². The number of fused-ring (bicyclic) bond motifs is 1. The number of rotatable bonds is 4. The zero-order valence-electron chi connectivity index (χ0n) is 9.09. The van der Waals surface area contributed by atoms with Crippen LogP contribution >= 0.6 is 0 Å². The lowest BCUT2D eigenvalue weighted by Crippen LogP contribution is -2.05. The Bertz CT molecular complexity index is 578. The Morgan fingerprint density at radius 2 is 1.82 bits per heavy atom. The van der Waals surface area contributed by atoms with E-state index in [2.05, 4.69) is 4.98 Å². The maximum absolute atomic E-state index is 11.7. The van der Waals surface area contributed by atoms with Crippen LogP contribution in [-0.4, -0.2) is 21.8 Å². The minimum Gasteiger partial charge on any atom is -0.481 e. The number of para-hydroxylation sites is 1. The van der Waals surface area contributed by atoms with Gasteiger partial charge in [-0.3, -0.25) is 9.59 Å². The first kappa shape index (κ1) is 11.3. The summed E-state index contributed by atoms with van der Waals surface area (Å²) >= 11 is 0. The van der Waals surface area contributed by atoms with Crippen molar-refractivity contribution in [1.29, 1.82) is 0 Å². The van der Waals surface area contributed by atoms with Crippen molar-refractivity contribution in [3.05, 3.63) is 42.1 Å². The monoisotopic (exact) mass is 229 g/mol. The lowest BCUT2D eigenvalue weighted by atomic mass is 10.1. The van der Waals surface area contributed by atoms with Gasteiger partial charge < -0.3 is 5.11 Å². The second kappa shape index (κ2) is 4.74. The van der Waals surface area contributed by atoms with E-state index in [1.807, 2.05) is 30.3 Å². The summed E-state index contributed by atoms with van der Waals surface area (Å²) in [6.45, 7) is 0. The van der Waals surface area contributed by atoms with Crippen LogP contribution in [0.1, 0.15) is 23.3 Å². The fourth-order valence-corrected chi connectivity index (χ4v) is 1.57. The lowest BCUT2D eigenvalue weighted by molar-refractivity contribution is -0.136. The number of aromatic nitrogens is 1. The molecule has 2 aromatic rings. The van der Waals surface area contributed by atoms with E-state index in [1.54, 1.807) is 6.07 Å². The van der Waals surface area contributed by atoms with E-state index in [4.69, 9.17) is 5.11 Å². The number of ketones is 1. The molecular formula is C13H11NO3. The number of carboxylic acids is 1. The Balaban J connectivity index is 2.24. The van der Waals surface area contributed by atoms with Crippen LogP contribution in [0.25, 0.3) is 10.9 Å². The smallest absolute Gasteiger partial charge is 0.303 e. The van der Waals surface area contributed by atoms with E-state index < -0.39 is 5.97 Å². The molecule has 1 N–H and O–H groups in total. The lowest BCUT2D eigenvalue weighted by Gasteiger charge is -2.01. The van der Waals surface area contributed by atoms with Gasteiger partial charge in [-0.25, -0.2) is 4.98 Å². The van der Waals surface area contributed by atoms with E-state index in [0.717, 1.165) is 10.9 Å². The first-order chi connectivity index (χ1) is 8.16. The predicted octanol–water partition coefficient (Wildman–Crippen LogP) is 2.28. The molecule has 1 aromatic carbocycles. The number of carbonyl (C=O) groups is 2. The molecular weight excluding hydrogens is 218 g/mol. The van der Waals surface area contributed by atoms with Gasteiger partial charge in [-0.1, -0.05) is 24.3 Å². The molecule has 0 saturated carbocycles. The molecule has 0 atom stereocenters. The highest BCUT2D eigenvalue weighted by molar-refractivity contribution is 5.97. The average Bonchev–Trinajstić information content (AvgIpc) is 2.35. The third-order valence-corrected chi connectivity index (χ3v) is 2.45. The van der Waals surface area contributed by atoms with E-state index in [9.17, 15) is 9.59 Å². The normalized spacial score (nSPS) is 10.4. The van der Waals surface area contributed by atoms with Crippen LogP contribution in [0.5, 0.6) is 0 Å². The molecule has 0 aliphatic carbocycles. The maximum Gasteiger partial charge on any atom is 0.303 e. The maximum atomic E-state index is 11.7. The molecule has 0 radical (unpaired) electrons. The van der Waals surface area contributed by atoms with Gasteiger partial charge in [-0.15, -0.1) is 0 Å². The summed E-state index contributed by atoms with van der Waals surface area (Å²) < 4.78 is 0. The number of carbonyl (C=O) groups excluding carboxylic acids is 1. The van der Waals surface area contributed by atoms with Crippen LogP contribution in [-0.2, 0) is 4.79 Å². The Morgan fingerprint density at radius 1 is 1.06 bits per heavy atom. The Morgan fingerprint density at radius 3 is 2.59 bits per heavy atom. The van der Waals surface area contributed by atoms with Gasteiger partial charge in [0.15, 0.2) is 5.78 Å². The molecule has 0 fully saturated rings. The van der Waals surface area contributed by atoms with Gasteiger partial charge in [0.1, 0.15) is 5.69 Å². The van der Waals surface area contributed by atoms with Crippen LogP contribution in [0.2, 0.25) is 0 Å². The largest absolute Gasteiger partial charge is 0.481 e. The van der Waals surface area contributed by atoms with Gasteiger partial charge in [0.2, 0.25) is 0 Å². The van der Waals surface area contributed by atoms with Gasteiger partial charge in [0.05, 0.1) is 11.9 Å². The van der Waals surface area contributed by atoms with Crippen LogP contribution in [0.4, 0.5) is 0 Å². The van der Waals surface area contributed by atoms with Gasteiger partial charge in [-0.05, 0) is 12.1 Å². The highest BCUT2D eigenvalue weighted by Crippen LogP contribution is 2.13. The summed E-state index contributed by atoms with van der Waals surface area (Å²) in [4.78, 5) is 26.3. The molecule has 0 aliphatic rings. The molecule has 4 heteroatoms. The number of pyridine rings is 1. The number of hydrogen-bond donors (Lipinski definition) is 1. The summed E-state index contributed by atoms with van der Waals surface area (Å²) in [5.74, 6) is -1.21. The second-order valence-electron chi connectivity index (χ2n) is 3.71. The van der Waals surface area contributed by atoms with Gasteiger partial charge in [0, 0.05) is 11.8 Å². The molecule has 0 aliphatic heterocycles. The van der Waals surface area contributed by atoms with Gasteiger partial charge >= 0.3 is 5.97 Å². The number of benzene rings is 1. The summed E-state index contributed by atoms with van der Waals surface area (Å²) in [6, 6.07) is 10.9. The Labute approximate surface area is 97.9 Å². The Hall–Kier alpha value is -2.23. The molecule has 0 amide bonds. The van der Waals surface area contributed by atoms with Crippen molar-refractivity contribution in [2.45, 2.75) is 12.8 Å². The van der Waals surface area contributed by atoms with Crippen LogP contribution in [0, 0.1) is 0 Å². The van der Waals surface area contributed by atoms with Crippen molar-refractivity contribution in [3.63, 3.8) is 0 Å². The van der Waals surface area contributed by atoms with Crippen molar-refractivity contribution >= 4 is 22.7 Å². The molecule has 0 spiro atoms. The predicted molar refractivity (Wildman–Crippen MR) is 62.9 cm³/mol. The van der Waals surface area contributed by atoms with E-state index in [1.165, 1.54) is 0 Å². The molecule has 0 bridgehead atoms. The second-order valence-corrected chi connectivity index (χ2v) is 3.71. The molecule has 1 aromatic heterocycles. The number of nitrogens with zero attached hydrogens (tertiary/aromatic N) is 1. The first-order valence-electron chi connectivity index (χ1n) is 5.27. The van der Waals surface area contributed by atoms with Crippen LogP contribution < -0.4 is 0 Å². The zero-order chi connectivity index (χ0) is 12.3. The quantitative estimate of drug-likeness (QED) is 0.817. The number of Topliss-reactive ketones (excluding diaryl/α,β-unsaturated/α-hetero) is 1. The van der Waals surface area contributed by atoms with Crippen molar-refractivity contribution in [2.24, 2.45) is 0 Å². The SMILES string of the molecule is O=C(O)CCC(=O)c1ccc2ccccc2n1. The highest BCUT2D eigenvalue weighted by Gasteiger charge is 2.10. The minimum atomic E-state index is -0.973. The van der Waals surface area contributed by atoms with Crippen molar-refractivity contribution in [3.8, 4) is 0 Å². The third-order valence-electron chi connectivity index (χ3n) is 2.45. The zero-order valence-corrected chi connectivity index (χ0v) is 9.09. The van der Waals surface area contributed by atoms with Crippen molar-refractivity contribution in [2.75, 3.05) is 0 Å². The van der Waals surface area contributed by atoms with Gasteiger partial charge in [0.25, 0.3) is 0 Å². The molecule has 86 valence electrons. The van der Waals surface area contributed by atoms with Gasteiger partial charge in [-0.2, -0.15) is 0 Å². The topological polar surface area (TPSA) is 67.3 Å². The summed E-state index contributed by atoms with van der Waals surface area (Å²) in [7, 11) is 0. The molecule has 4 nitrogen and oxygen atoms in total. The van der Waals surface area contributed by atoms with Crippen molar-refractivity contribution in [1.82, 2.24) is 4.98 Å². The summed E-state index contributed by atoms with van der Waals surface area (Å²) in [5.41, 5.74) is 1.07. The Kier molecular flexibility index (Phi) is 3.14. The number of hydrogen-bond acceptors (Lipinski definition) is 3. The summed E-state index contributed by atoms with van der Waals surface area (Å²) in [6.07, 6.45) is -0.173. The number of carboxylic acid groups (broad SMARTS) is 1. The number of aliphatic carboxylic acids is 1. The standard InChI is InChI=1S/C13H11NO3/c15-12(7-8-13(16)17)11-6-5-9-3-1-2-4-10(9)14-11/h1-6H,7-8H2,(H,16,17). The van der Waals surface area contributed by atoms with Crippen molar-refractivity contribution < 1.29 is 14.7 Å². The minimum absolute atomic E-state index is 0.0132. The van der Waals surface area contributed by atoms with E-state index in [0.29, 0.717) is 5.69 Å². The molecule has 1 heterocycles. The summed E-state index contributed by atoms with van der Waals surface area (Å²) in [5, 5.41) is 9.47.